The summed E-state index contributed by atoms with van der Waals surface area (Å²) in [7, 11) is 0. The van der Waals surface area contributed by atoms with Gasteiger partial charge in [-0.25, -0.2) is 0 Å². The van der Waals surface area contributed by atoms with Crippen molar-refractivity contribution in [3.63, 3.8) is 0 Å². The molecule has 1 rings (SSSR count). The molecule has 0 unspecified atom stereocenters. The molecule has 1 saturated heterocycles. The number of hydrogen-bond acceptors (Lipinski definition) is 11. The molecule has 0 aromatic rings. The topological polar surface area (TPSA) is 197 Å². The van der Waals surface area contributed by atoms with Gasteiger partial charge in [-0.15, -0.1) is 0 Å². The summed E-state index contributed by atoms with van der Waals surface area (Å²) in [6.45, 7) is -2.42. The predicted octanol–water partition coefficient (Wildman–Crippen LogP) is -5.55. The van der Waals surface area contributed by atoms with Crippen LogP contribution in [0.1, 0.15) is 0 Å². The van der Waals surface area contributed by atoms with Crippen LogP contribution in [0.2, 0.25) is 0 Å². The molecular formula is C12H22O11. The highest BCUT2D eigenvalue weighted by Crippen LogP contribution is 2.22. The van der Waals surface area contributed by atoms with Crippen LogP contribution in [0.3, 0.4) is 0 Å². The highest BCUT2D eigenvalue weighted by molar-refractivity contribution is 5.84. The van der Waals surface area contributed by atoms with Crippen molar-refractivity contribution < 1.29 is 55.1 Å². The lowest BCUT2D eigenvalue weighted by molar-refractivity contribution is -0.299. The fourth-order valence-corrected chi connectivity index (χ4v) is 1.96. The summed E-state index contributed by atoms with van der Waals surface area (Å²) in [6, 6.07) is 0. The number of ketones is 1. The summed E-state index contributed by atoms with van der Waals surface area (Å²) >= 11 is 0. The molecule has 0 amide bonds. The van der Waals surface area contributed by atoms with E-state index in [-0.39, 0.29) is 0 Å². The Kier molecular flexibility index (Phi) is 7.89. The molecule has 0 aromatic heterocycles. The quantitative estimate of drug-likeness (QED) is 0.209. The van der Waals surface area contributed by atoms with Gasteiger partial charge in [-0.2, -0.15) is 0 Å². The molecule has 1 heterocycles. The maximum atomic E-state index is 11.6. The second-order valence-corrected chi connectivity index (χ2v) is 5.16. The minimum Gasteiger partial charge on any atom is -0.394 e. The van der Waals surface area contributed by atoms with E-state index in [2.05, 4.69) is 0 Å². The first-order valence-electron chi connectivity index (χ1n) is 6.84. The highest BCUT2D eigenvalue weighted by atomic mass is 16.7. The summed E-state index contributed by atoms with van der Waals surface area (Å²) < 4.78 is 9.85. The van der Waals surface area contributed by atoms with Gasteiger partial charge in [-0.1, -0.05) is 0 Å². The second kappa shape index (κ2) is 8.94. The third-order valence-electron chi connectivity index (χ3n) is 3.47. The molecule has 0 radical (unpaired) electrons. The molecule has 0 bridgehead atoms. The summed E-state index contributed by atoms with van der Waals surface area (Å²) in [6.07, 6.45) is -13.5. The number of ether oxygens (including phenoxy) is 2. The smallest absolute Gasteiger partial charge is 0.189 e. The van der Waals surface area contributed by atoms with E-state index in [0.717, 1.165) is 0 Å². The van der Waals surface area contributed by atoms with Crippen LogP contribution in [0.4, 0.5) is 0 Å². The Morgan fingerprint density at radius 3 is 2.17 bits per heavy atom. The van der Waals surface area contributed by atoms with Gasteiger partial charge in [-0.3, -0.25) is 4.79 Å². The number of aliphatic hydroxyl groups excluding tert-OH is 8. The molecule has 8 atom stereocenters. The molecule has 0 spiro atoms. The first-order chi connectivity index (χ1) is 10.7. The first kappa shape index (κ1) is 20.3. The Morgan fingerprint density at radius 2 is 1.65 bits per heavy atom. The van der Waals surface area contributed by atoms with E-state index in [1.165, 1.54) is 0 Å². The van der Waals surface area contributed by atoms with Gasteiger partial charge >= 0.3 is 0 Å². The number of carbonyl (C=O) groups is 1. The van der Waals surface area contributed by atoms with Crippen LogP contribution in [0.25, 0.3) is 0 Å². The molecule has 8 N–H and O–H groups in total. The number of hydrogen-bond donors (Lipinski definition) is 8. The van der Waals surface area contributed by atoms with Crippen LogP contribution in [0, 0.1) is 0 Å². The highest BCUT2D eigenvalue weighted by Gasteiger charge is 2.44. The normalized spacial score (nSPS) is 35.6. The zero-order chi connectivity index (χ0) is 17.7. The molecule has 0 aromatic carbocycles. The lowest BCUT2D eigenvalue weighted by Crippen LogP contribution is -2.59. The third kappa shape index (κ3) is 4.87. The Hall–Kier alpha value is -0.730. The van der Waals surface area contributed by atoms with Gasteiger partial charge in [-0.05, 0) is 0 Å². The molecule has 136 valence electrons. The van der Waals surface area contributed by atoms with Gasteiger partial charge in [0.2, 0.25) is 0 Å². The molecule has 0 saturated carbocycles. The second-order valence-electron chi connectivity index (χ2n) is 5.16. The number of rotatable bonds is 8. The zero-order valence-electron chi connectivity index (χ0n) is 12.0. The number of carbonyl (C=O) groups excluding carboxylic acids is 1. The van der Waals surface area contributed by atoms with E-state index in [4.69, 9.17) is 24.8 Å². The van der Waals surface area contributed by atoms with Crippen LogP contribution < -0.4 is 0 Å². The van der Waals surface area contributed by atoms with Crippen molar-refractivity contribution in [2.45, 2.75) is 49.0 Å². The van der Waals surface area contributed by atoms with Crippen LogP contribution in [-0.2, 0) is 14.3 Å². The average Bonchev–Trinajstić information content (AvgIpc) is 2.56. The Morgan fingerprint density at radius 1 is 1.04 bits per heavy atom. The minimum atomic E-state index is -2.05. The molecular weight excluding hydrogens is 320 g/mol. The van der Waals surface area contributed by atoms with Crippen molar-refractivity contribution in [2.75, 3.05) is 19.8 Å². The van der Waals surface area contributed by atoms with E-state index in [1.54, 1.807) is 0 Å². The minimum absolute atomic E-state index is 0.678. The van der Waals surface area contributed by atoms with Crippen molar-refractivity contribution >= 4 is 5.78 Å². The van der Waals surface area contributed by atoms with E-state index in [9.17, 15) is 30.3 Å². The van der Waals surface area contributed by atoms with E-state index in [1.807, 2.05) is 0 Å². The summed E-state index contributed by atoms with van der Waals surface area (Å²) in [5.74, 6) is -1.08. The summed E-state index contributed by atoms with van der Waals surface area (Å²) in [4.78, 5) is 11.6. The van der Waals surface area contributed by atoms with Gasteiger partial charge in [0.15, 0.2) is 12.1 Å². The summed E-state index contributed by atoms with van der Waals surface area (Å²) in [5.41, 5.74) is 0. The van der Waals surface area contributed by atoms with Gasteiger partial charge in [0.05, 0.1) is 13.2 Å². The number of aliphatic hydroxyl groups is 8. The monoisotopic (exact) mass is 342 g/mol. The fourth-order valence-electron chi connectivity index (χ4n) is 1.96. The average molecular weight is 342 g/mol. The van der Waals surface area contributed by atoms with Gasteiger partial charge < -0.3 is 50.3 Å². The lowest BCUT2D eigenvalue weighted by Gasteiger charge is -2.39. The van der Waals surface area contributed by atoms with Gasteiger partial charge in [0, 0.05) is 0 Å². The molecule has 0 aliphatic carbocycles. The van der Waals surface area contributed by atoms with Crippen LogP contribution in [0.5, 0.6) is 0 Å². The SMILES string of the molecule is O=C(CO[C@H]1O[C@H](CO)[C@H](O)[C@H](O)[C@H]1O)[C@@H](O)[C@H](O)[C@@H](O)CO. The van der Waals surface area contributed by atoms with E-state index in [0.29, 0.717) is 0 Å². The number of Topliss-reactive ketones (excluding diaryl/α,β-unsaturated/α-hetero) is 1. The van der Waals surface area contributed by atoms with Crippen molar-refractivity contribution in [3.8, 4) is 0 Å². The Labute approximate surface area is 130 Å². The predicted molar refractivity (Wildman–Crippen MR) is 69.8 cm³/mol. The molecule has 1 aliphatic heterocycles. The first-order valence-corrected chi connectivity index (χ1v) is 6.84. The molecule has 11 heteroatoms. The van der Waals surface area contributed by atoms with Crippen molar-refractivity contribution in [3.05, 3.63) is 0 Å². The van der Waals surface area contributed by atoms with Crippen LogP contribution >= 0.6 is 0 Å². The van der Waals surface area contributed by atoms with E-state index >= 15 is 0 Å². The van der Waals surface area contributed by atoms with Crippen LogP contribution in [-0.4, -0.2) is 115 Å². The summed E-state index contributed by atoms with van der Waals surface area (Å²) in [5, 5.41) is 74.4. The third-order valence-corrected chi connectivity index (χ3v) is 3.47. The van der Waals surface area contributed by atoms with E-state index < -0.39 is 74.6 Å². The van der Waals surface area contributed by atoms with Crippen LogP contribution in [0.15, 0.2) is 0 Å². The largest absolute Gasteiger partial charge is 0.394 e. The van der Waals surface area contributed by atoms with Gasteiger partial charge in [0.1, 0.15) is 49.3 Å². The Balaban J connectivity index is 2.57. The maximum absolute atomic E-state index is 11.6. The van der Waals surface area contributed by atoms with Gasteiger partial charge in [0.25, 0.3) is 0 Å². The molecule has 1 aliphatic rings. The maximum Gasteiger partial charge on any atom is 0.189 e. The van der Waals surface area contributed by atoms with Crippen molar-refractivity contribution in [2.24, 2.45) is 0 Å². The van der Waals surface area contributed by atoms with Crippen molar-refractivity contribution in [1.82, 2.24) is 0 Å². The molecule has 1 fully saturated rings. The Bertz CT molecular complexity index is 376. The molecule has 11 nitrogen and oxygen atoms in total. The lowest BCUT2D eigenvalue weighted by atomic mass is 9.99. The standard InChI is InChI=1S/C12H22O11/c13-1-4(15)7(17)8(18)5(16)3-22-12-11(21)10(20)9(19)6(2-14)23-12/h4,6-15,17-21H,1-3H2/t4-,6+,7+,8+,9-,10-,11+,12-/m0/s1. The fraction of sp³-hybridized carbons (Fsp3) is 0.917. The molecule has 23 heavy (non-hydrogen) atoms. The van der Waals surface area contributed by atoms with Crippen molar-refractivity contribution in [1.29, 1.82) is 0 Å². The zero-order valence-corrected chi connectivity index (χ0v) is 12.0.